The molecule has 0 aliphatic heterocycles. The zero-order valence-electron chi connectivity index (χ0n) is 16.2. The standard InChI is InChI=1S/C22H15Cl2NO6S/c23-17-6-1-14(2-7-17)13-32(30,31)21(22(27)16-4-8-18(24)9-5-16)12-15-3-10-20(26)19(11-15)25(28)29/h1-12,26H,13H2/b21-12-. The minimum Gasteiger partial charge on any atom is -0.502 e. The Hall–Kier alpha value is -3.20. The number of nitro groups is 1. The van der Waals surface area contributed by atoms with Gasteiger partial charge in [0.2, 0.25) is 5.78 Å². The predicted molar refractivity (Wildman–Crippen MR) is 123 cm³/mol. The number of ketones is 1. The summed E-state index contributed by atoms with van der Waals surface area (Å²) in [6.45, 7) is 0. The fourth-order valence-corrected chi connectivity index (χ4v) is 4.60. The van der Waals surface area contributed by atoms with Gasteiger partial charge in [0.15, 0.2) is 15.6 Å². The molecule has 1 N–H and O–H groups in total. The second kappa shape index (κ2) is 9.52. The molecule has 0 radical (unpaired) electrons. The second-order valence-electron chi connectivity index (χ2n) is 6.74. The number of rotatable bonds is 7. The largest absolute Gasteiger partial charge is 0.502 e. The highest BCUT2D eigenvalue weighted by Crippen LogP contribution is 2.29. The summed E-state index contributed by atoms with van der Waals surface area (Å²) in [5.74, 6) is -1.87. The zero-order valence-corrected chi connectivity index (χ0v) is 18.6. The number of allylic oxidation sites excluding steroid dienone is 1. The quantitative estimate of drug-likeness (QED) is 0.203. The van der Waals surface area contributed by atoms with E-state index in [1.54, 1.807) is 0 Å². The van der Waals surface area contributed by atoms with Gasteiger partial charge in [-0.2, -0.15) is 0 Å². The number of halogens is 2. The lowest BCUT2D eigenvalue weighted by molar-refractivity contribution is -0.385. The molecule has 3 aromatic rings. The highest BCUT2D eigenvalue weighted by atomic mass is 35.5. The van der Waals surface area contributed by atoms with Gasteiger partial charge in [0.25, 0.3) is 0 Å². The van der Waals surface area contributed by atoms with Gasteiger partial charge in [-0.1, -0.05) is 41.4 Å². The molecule has 0 aromatic heterocycles. The molecule has 0 heterocycles. The summed E-state index contributed by atoms with van der Waals surface area (Å²) in [5.41, 5.74) is -0.0758. The molecule has 7 nitrogen and oxygen atoms in total. The van der Waals surface area contributed by atoms with Crippen molar-refractivity contribution in [2.75, 3.05) is 0 Å². The third-order valence-electron chi connectivity index (χ3n) is 4.43. The summed E-state index contributed by atoms with van der Waals surface area (Å²) in [5, 5.41) is 21.6. The van der Waals surface area contributed by atoms with Gasteiger partial charge in [-0.15, -0.1) is 0 Å². The van der Waals surface area contributed by atoms with E-state index in [9.17, 15) is 28.4 Å². The zero-order chi connectivity index (χ0) is 23.5. The molecule has 0 atom stereocenters. The monoisotopic (exact) mass is 491 g/mol. The number of phenols is 1. The van der Waals surface area contributed by atoms with Crippen molar-refractivity contribution < 1.29 is 23.2 Å². The predicted octanol–water partition coefficient (Wildman–Crippen LogP) is 5.45. The summed E-state index contributed by atoms with van der Waals surface area (Å²) >= 11 is 11.7. The molecule has 0 aliphatic carbocycles. The lowest BCUT2D eigenvalue weighted by Gasteiger charge is -2.10. The Morgan fingerprint density at radius 2 is 1.53 bits per heavy atom. The molecule has 0 amide bonds. The number of nitrogens with zero attached hydrogens (tertiary/aromatic N) is 1. The normalized spacial score (nSPS) is 11.9. The van der Waals surface area contributed by atoms with Gasteiger partial charge in [-0.3, -0.25) is 14.9 Å². The maximum absolute atomic E-state index is 13.2. The van der Waals surface area contributed by atoms with E-state index in [0.29, 0.717) is 15.6 Å². The van der Waals surface area contributed by atoms with Crippen molar-refractivity contribution in [3.8, 4) is 5.75 Å². The number of Topliss-reactive ketones (excluding diaryl/α,β-unsaturated/α-hetero) is 1. The van der Waals surface area contributed by atoms with Crippen LogP contribution in [0.4, 0.5) is 5.69 Å². The topological polar surface area (TPSA) is 115 Å². The Bertz CT molecular complexity index is 1320. The third-order valence-corrected chi connectivity index (χ3v) is 6.62. The van der Waals surface area contributed by atoms with Gasteiger partial charge in [-0.25, -0.2) is 8.42 Å². The lowest BCUT2D eigenvalue weighted by atomic mass is 10.1. The maximum atomic E-state index is 13.2. The summed E-state index contributed by atoms with van der Waals surface area (Å²) < 4.78 is 26.5. The van der Waals surface area contributed by atoms with Crippen LogP contribution in [-0.2, 0) is 15.6 Å². The maximum Gasteiger partial charge on any atom is 0.311 e. The Labute approximate surface area is 193 Å². The van der Waals surface area contributed by atoms with Gasteiger partial charge < -0.3 is 5.11 Å². The molecule has 0 spiro atoms. The second-order valence-corrected chi connectivity index (χ2v) is 9.57. The summed E-state index contributed by atoms with van der Waals surface area (Å²) in [6, 6.07) is 15.1. The van der Waals surface area contributed by atoms with E-state index in [-0.39, 0.29) is 11.1 Å². The molecule has 0 fully saturated rings. The van der Waals surface area contributed by atoms with Gasteiger partial charge >= 0.3 is 5.69 Å². The van der Waals surface area contributed by atoms with Crippen LogP contribution in [0.25, 0.3) is 6.08 Å². The fraction of sp³-hybridized carbons (Fsp3) is 0.0455. The Morgan fingerprint density at radius 1 is 0.969 bits per heavy atom. The summed E-state index contributed by atoms with van der Waals surface area (Å²) in [6.07, 6.45) is 1.05. The van der Waals surface area contributed by atoms with Crippen LogP contribution in [0.3, 0.4) is 0 Å². The van der Waals surface area contributed by atoms with Crippen molar-refractivity contribution in [2.24, 2.45) is 0 Å². The van der Waals surface area contributed by atoms with Crippen molar-refractivity contribution in [1.29, 1.82) is 0 Å². The van der Waals surface area contributed by atoms with E-state index < -0.39 is 42.6 Å². The molecule has 164 valence electrons. The third kappa shape index (κ3) is 5.53. The van der Waals surface area contributed by atoms with Crippen LogP contribution in [-0.4, -0.2) is 24.2 Å². The first-order chi connectivity index (χ1) is 15.1. The van der Waals surface area contributed by atoms with Crippen LogP contribution in [0.5, 0.6) is 5.75 Å². The number of aromatic hydroxyl groups is 1. The van der Waals surface area contributed by atoms with Crippen LogP contribution < -0.4 is 0 Å². The highest BCUT2D eigenvalue weighted by Gasteiger charge is 2.27. The fourth-order valence-electron chi connectivity index (χ4n) is 2.85. The van der Waals surface area contributed by atoms with E-state index in [0.717, 1.165) is 18.2 Å². The van der Waals surface area contributed by atoms with Crippen molar-refractivity contribution in [3.05, 3.63) is 108 Å². The van der Waals surface area contributed by atoms with Crippen molar-refractivity contribution in [2.45, 2.75) is 5.75 Å². The summed E-state index contributed by atoms with van der Waals surface area (Å²) in [7, 11) is -4.18. The average Bonchev–Trinajstić information content (AvgIpc) is 2.74. The van der Waals surface area contributed by atoms with E-state index in [2.05, 4.69) is 0 Å². The number of carbonyl (C=O) groups is 1. The van der Waals surface area contributed by atoms with Crippen molar-refractivity contribution >= 4 is 50.6 Å². The molecular formula is C22H15Cl2NO6S. The molecular weight excluding hydrogens is 477 g/mol. The first-order valence-corrected chi connectivity index (χ1v) is 11.4. The number of phenolic OH excluding ortho intramolecular Hbond substituents is 1. The Balaban J connectivity index is 2.12. The van der Waals surface area contributed by atoms with Gasteiger partial charge in [0.05, 0.1) is 10.7 Å². The Morgan fingerprint density at radius 3 is 2.09 bits per heavy atom. The number of hydrogen-bond acceptors (Lipinski definition) is 6. The van der Waals surface area contributed by atoms with Crippen LogP contribution >= 0.6 is 23.2 Å². The van der Waals surface area contributed by atoms with Crippen molar-refractivity contribution in [3.63, 3.8) is 0 Å². The minimum absolute atomic E-state index is 0.0616. The molecule has 0 aliphatic rings. The van der Waals surface area contributed by atoms with Gasteiger partial charge in [0, 0.05) is 21.7 Å². The minimum atomic E-state index is -4.18. The molecule has 10 heteroatoms. The molecule has 0 bridgehead atoms. The smallest absolute Gasteiger partial charge is 0.311 e. The van der Waals surface area contributed by atoms with Crippen LogP contribution in [0.15, 0.2) is 71.6 Å². The van der Waals surface area contributed by atoms with E-state index >= 15 is 0 Å². The number of benzene rings is 3. The molecule has 3 rings (SSSR count). The van der Waals surface area contributed by atoms with E-state index in [4.69, 9.17) is 23.2 Å². The van der Waals surface area contributed by atoms with Crippen LogP contribution in [0.1, 0.15) is 21.5 Å². The Kier molecular flexibility index (Phi) is 6.98. The van der Waals surface area contributed by atoms with Crippen molar-refractivity contribution in [1.82, 2.24) is 0 Å². The van der Waals surface area contributed by atoms with Gasteiger partial charge in [0.1, 0.15) is 4.91 Å². The van der Waals surface area contributed by atoms with Crippen LogP contribution in [0.2, 0.25) is 10.0 Å². The molecule has 3 aromatic carbocycles. The first-order valence-electron chi connectivity index (χ1n) is 9.03. The van der Waals surface area contributed by atoms with Crippen LogP contribution in [0, 0.1) is 10.1 Å². The van der Waals surface area contributed by atoms with E-state index in [1.807, 2.05) is 0 Å². The molecule has 0 unspecified atom stereocenters. The number of carbonyl (C=O) groups excluding carboxylic acids is 1. The molecule has 0 saturated heterocycles. The first kappa shape index (κ1) is 23.5. The average molecular weight is 492 g/mol. The van der Waals surface area contributed by atoms with Gasteiger partial charge in [-0.05, 0) is 59.7 Å². The molecule has 0 saturated carbocycles. The number of hydrogen-bond donors (Lipinski definition) is 1. The lowest BCUT2D eigenvalue weighted by Crippen LogP contribution is -2.16. The van der Waals surface area contributed by atoms with E-state index in [1.165, 1.54) is 54.6 Å². The number of nitro benzene ring substituents is 1. The number of sulfone groups is 1. The summed E-state index contributed by atoms with van der Waals surface area (Å²) in [4.78, 5) is 22.9. The molecule has 32 heavy (non-hydrogen) atoms. The highest BCUT2D eigenvalue weighted by molar-refractivity contribution is 7.95. The SMILES string of the molecule is O=C(/C(=C/c1ccc(O)c([N+](=O)[O-])c1)S(=O)(=O)Cc1ccc(Cl)cc1)c1ccc(Cl)cc1.